The maximum Gasteiger partial charge on any atom is 0.404 e. The molecule has 1 saturated carbocycles. The smallest absolute Gasteiger partial charge is 0.404 e. The number of carboxylic acid groups (broad SMARTS) is 1. The number of benzene rings is 3. The Kier molecular flexibility index (Phi) is 12.2. The second-order valence-corrected chi connectivity index (χ2v) is 14.2. The summed E-state index contributed by atoms with van der Waals surface area (Å²) in [6.45, 7) is -0.0408. The molecule has 1 atom stereocenters. The van der Waals surface area contributed by atoms with E-state index in [-0.39, 0.29) is 47.5 Å². The molecule has 0 radical (unpaired) electrons. The molecule has 1 fully saturated rings. The van der Waals surface area contributed by atoms with Crippen LogP contribution in [-0.4, -0.2) is 77.5 Å². The average molecular weight is 724 g/mol. The van der Waals surface area contributed by atoms with E-state index in [9.17, 15) is 22.8 Å². The minimum absolute atomic E-state index is 0.0792. The summed E-state index contributed by atoms with van der Waals surface area (Å²) in [7, 11) is -3.73. The maximum absolute atomic E-state index is 13.7. The van der Waals surface area contributed by atoms with Crippen molar-refractivity contribution in [1.29, 1.82) is 0 Å². The Bertz CT molecular complexity index is 1880. The van der Waals surface area contributed by atoms with Crippen LogP contribution in [0.5, 0.6) is 0 Å². The van der Waals surface area contributed by atoms with Gasteiger partial charge in [0.2, 0.25) is 27.1 Å². The lowest BCUT2D eigenvalue weighted by atomic mass is 9.81. The highest BCUT2D eigenvalue weighted by Gasteiger charge is 2.30. The Labute approximate surface area is 294 Å². The van der Waals surface area contributed by atoms with Crippen LogP contribution in [0.2, 0.25) is 5.28 Å². The van der Waals surface area contributed by atoms with Gasteiger partial charge in [0.05, 0.1) is 11.5 Å². The number of nitrogens with one attached hydrogen (secondary N) is 5. The number of hydrogen-bond acceptors (Lipinski definition) is 8. The van der Waals surface area contributed by atoms with Gasteiger partial charge in [-0.15, -0.1) is 10.2 Å². The number of nitrogens with zero attached hydrogens (tertiary/aromatic N) is 2. The predicted molar refractivity (Wildman–Crippen MR) is 187 cm³/mol. The van der Waals surface area contributed by atoms with Crippen molar-refractivity contribution in [2.75, 3.05) is 25.0 Å². The second kappa shape index (κ2) is 16.7. The summed E-state index contributed by atoms with van der Waals surface area (Å²) in [5.74, 6) is -0.290. The first-order valence-corrected chi connectivity index (χ1v) is 17.9. The van der Waals surface area contributed by atoms with Crippen LogP contribution in [0.1, 0.15) is 31.2 Å². The molecule has 0 bridgehead atoms. The van der Waals surface area contributed by atoms with Crippen LogP contribution in [0, 0.1) is 11.8 Å². The number of H-pyrrole nitrogens is 1. The Morgan fingerprint density at radius 2 is 1.50 bits per heavy atom. The molecule has 0 saturated heterocycles. The first-order chi connectivity index (χ1) is 24.0. The maximum atomic E-state index is 13.7. The highest BCUT2D eigenvalue weighted by molar-refractivity contribution is 7.89. The third-order valence-electron chi connectivity index (χ3n) is 8.57. The predicted octanol–water partition coefficient (Wildman–Crippen LogP) is 3.80. The van der Waals surface area contributed by atoms with Gasteiger partial charge in [-0.3, -0.25) is 9.59 Å². The lowest BCUT2D eigenvalue weighted by Gasteiger charge is -2.29. The molecule has 4 aromatic rings. The number of amides is 3. The number of carbonyl (C=O) groups excluding carboxylic acids is 2. The second-order valence-electron chi connectivity index (χ2n) is 12.0. The van der Waals surface area contributed by atoms with E-state index in [1.807, 2.05) is 24.3 Å². The molecule has 1 aliphatic carbocycles. The minimum Gasteiger partial charge on any atom is -0.465 e. The summed E-state index contributed by atoms with van der Waals surface area (Å²) in [6.07, 6.45) is 1.71. The van der Waals surface area contributed by atoms with E-state index in [2.05, 4.69) is 35.9 Å². The Morgan fingerprint density at radius 1 is 0.880 bits per heavy atom. The van der Waals surface area contributed by atoms with E-state index < -0.39 is 28.1 Å². The summed E-state index contributed by atoms with van der Waals surface area (Å²) >= 11 is 5.84. The molecule has 1 heterocycles. The third kappa shape index (κ3) is 9.88. The van der Waals surface area contributed by atoms with Gasteiger partial charge < -0.3 is 31.1 Å². The zero-order valence-corrected chi connectivity index (χ0v) is 28.5. The number of aliphatic hydroxyl groups is 1. The topological polar surface area (TPSA) is 215 Å². The zero-order valence-electron chi connectivity index (χ0n) is 26.9. The molecule has 1 aromatic heterocycles. The van der Waals surface area contributed by atoms with Gasteiger partial charge in [0, 0.05) is 36.7 Å². The molecule has 3 aromatic carbocycles. The van der Waals surface area contributed by atoms with Crippen LogP contribution in [0.3, 0.4) is 0 Å². The summed E-state index contributed by atoms with van der Waals surface area (Å²) < 4.78 is 27.0. The number of anilines is 1. The molecule has 3 amide bonds. The van der Waals surface area contributed by atoms with Gasteiger partial charge >= 0.3 is 6.09 Å². The van der Waals surface area contributed by atoms with Crippen molar-refractivity contribution in [1.82, 2.24) is 30.5 Å². The van der Waals surface area contributed by atoms with E-state index in [0.29, 0.717) is 43.7 Å². The van der Waals surface area contributed by atoms with Crippen LogP contribution in [0.25, 0.3) is 22.5 Å². The fourth-order valence-electron chi connectivity index (χ4n) is 5.83. The van der Waals surface area contributed by atoms with E-state index in [0.717, 1.165) is 22.3 Å². The van der Waals surface area contributed by atoms with Crippen LogP contribution < -0.4 is 20.7 Å². The van der Waals surface area contributed by atoms with Crippen molar-refractivity contribution in [3.8, 4) is 22.5 Å². The van der Waals surface area contributed by atoms with Crippen molar-refractivity contribution in [2.24, 2.45) is 11.8 Å². The van der Waals surface area contributed by atoms with Gasteiger partial charge in [0.1, 0.15) is 6.04 Å². The fraction of sp³-hybridized carbons (Fsp3) is 0.324. The molecule has 0 unspecified atom stereocenters. The number of halogens is 1. The van der Waals surface area contributed by atoms with Crippen LogP contribution in [0.4, 0.5) is 10.5 Å². The summed E-state index contributed by atoms with van der Waals surface area (Å²) in [5.41, 5.74) is 3.64. The number of carbonyl (C=O) groups is 3. The molecule has 16 heteroatoms. The van der Waals surface area contributed by atoms with Gasteiger partial charge in [0.15, 0.2) is 5.82 Å². The number of sulfonamides is 1. The Morgan fingerprint density at radius 3 is 2.08 bits per heavy atom. The standard InChI is InChI=1S/C34H38ClN7O7S/c35-33-40-30(41-42-33)25-9-13-27(14-10-25)38-32(45)29(39-31(44)26-7-3-22(4-8-26)20-36-34(46)47)19-21-1-5-23(6-2-21)24-11-15-28(16-12-24)50(48,49)37-17-18-43/h1-2,5-6,9-16,22,26,29,36-37,43H,3-4,7-8,17-20H2,(H,38,45)(H,39,44)(H,46,47)(H,40,41,42)/t22-,26-,29-/m0/s1. The molecule has 14 nitrogen and oxygen atoms in total. The van der Waals surface area contributed by atoms with E-state index in [4.69, 9.17) is 21.8 Å². The molecule has 1 aliphatic rings. The Balaban J connectivity index is 1.27. The fourth-order valence-corrected chi connectivity index (χ4v) is 6.98. The molecule has 50 heavy (non-hydrogen) atoms. The van der Waals surface area contributed by atoms with Gasteiger partial charge in [-0.05, 0) is 96.3 Å². The van der Waals surface area contributed by atoms with Crippen molar-refractivity contribution in [3.05, 3.63) is 83.6 Å². The number of aliphatic hydroxyl groups excluding tert-OH is 1. The van der Waals surface area contributed by atoms with Crippen molar-refractivity contribution in [3.63, 3.8) is 0 Å². The highest BCUT2D eigenvalue weighted by atomic mass is 35.5. The molecular weight excluding hydrogens is 686 g/mol. The number of aromatic amines is 1. The molecule has 0 spiro atoms. The molecular formula is C34H38ClN7O7S. The zero-order chi connectivity index (χ0) is 35.7. The molecule has 0 aliphatic heterocycles. The lowest BCUT2D eigenvalue weighted by Crippen LogP contribution is -2.48. The molecule has 264 valence electrons. The van der Waals surface area contributed by atoms with Crippen molar-refractivity contribution >= 4 is 45.2 Å². The third-order valence-corrected chi connectivity index (χ3v) is 10.2. The minimum atomic E-state index is -3.73. The van der Waals surface area contributed by atoms with E-state index >= 15 is 0 Å². The van der Waals surface area contributed by atoms with Crippen LogP contribution in [-0.2, 0) is 26.0 Å². The van der Waals surface area contributed by atoms with Gasteiger partial charge in [0.25, 0.3) is 0 Å². The largest absolute Gasteiger partial charge is 0.465 e. The quantitative estimate of drug-likeness (QED) is 0.101. The lowest BCUT2D eigenvalue weighted by molar-refractivity contribution is -0.130. The SMILES string of the molecule is O=C(O)NC[C@H]1CC[C@H](C(=O)N[C@@H](Cc2ccc(-c3ccc(S(=O)(=O)NCCO)cc3)cc2)C(=O)Nc2ccc(-c3nnc(Cl)[nH]3)cc2)CC1. The van der Waals surface area contributed by atoms with Gasteiger partial charge in [-0.2, -0.15) is 0 Å². The summed E-state index contributed by atoms with van der Waals surface area (Å²) in [4.78, 5) is 40.9. The average Bonchev–Trinajstić information content (AvgIpc) is 3.56. The summed E-state index contributed by atoms with van der Waals surface area (Å²) in [5, 5.41) is 34.0. The van der Waals surface area contributed by atoms with Gasteiger partial charge in [-0.1, -0.05) is 36.4 Å². The van der Waals surface area contributed by atoms with E-state index in [1.54, 1.807) is 36.4 Å². The van der Waals surface area contributed by atoms with E-state index in [1.165, 1.54) is 12.1 Å². The number of rotatable bonds is 14. The van der Waals surface area contributed by atoms with Gasteiger partial charge in [-0.25, -0.2) is 17.9 Å². The molecule has 5 rings (SSSR count). The molecule has 7 N–H and O–H groups in total. The number of hydrogen-bond donors (Lipinski definition) is 7. The monoisotopic (exact) mass is 723 g/mol. The van der Waals surface area contributed by atoms with Crippen LogP contribution >= 0.6 is 11.6 Å². The van der Waals surface area contributed by atoms with Crippen LogP contribution in [0.15, 0.2) is 77.7 Å². The first kappa shape index (κ1) is 36.5. The summed E-state index contributed by atoms with van der Waals surface area (Å²) in [6, 6.07) is 19.8. The number of aromatic nitrogens is 3. The Hall–Kier alpha value is -4.83. The van der Waals surface area contributed by atoms with Crippen molar-refractivity contribution in [2.45, 2.75) is 43.0 Å². The normalized spacial score (nSPS) is 16.7. The first-order valence-electron chi connectivity index (χ1n) is 16.1. The highest BCUT2D eigenvalue weighted by Crippen LogP contribution is 2.29. The van der Waals surface area contributed by atoms with Crippen molar-refractivity contribution < 1.29 is 33.0 Å².